The van der Waals surface area contributed by atoms with Gasteiger partial charge in [-0.25, -0.2) is 17.7 Å². The van der Waals surface area contributed by atoms with Crippen molar-refractivity contribution in [3.8, 4) is 0 Å². The van der Waals surface area contributed by atoms with Gasteiger partial charge in [-0.3, -0.25) is 0 Å². The molecule has 0 radical (unpaired) electrons. The summed E-state index contributed by atoms with van der Waals surface area (Å²) in [7, 11) is -3.08. The summed E-state index contributed by atoms with van der Waals surface area (Å²) >= 11 is 1.71. The molecule has 20 heavy (non-hydrogen) atoms. The maximum absolute atomic E-state index is 11.5. The summed E-state index contributed by atoms with van der Waals surface area (Å²) in [5.41, 5.74) is 1.10. The first kappa shape index (κ1) is 17.6. The van der Waals surface area contributed by atoms with E-state index in [2.05, 4.69) is 24.1 Å². The molecule has 1 aromatic heterocycles. The Balaban J connectivity index is 2.39. The molecule has 0 aromatic carbocycles. The van der Waals surface area contributed by atoms with Gasteiger partial charge < -0.3 is 5.32 Å². The number of rotatable bonds is 8. The third-order valence-electron chi connectivity index (χ3n) is 3.21. The van der Waals surface area contributed by atoms with Gasteiger partial charge in [0.05, 0.1) is 17.0 Å². The lowest BCUT2D eigenvalue weighted by Crippen LogP contribution is -2.32. The summed E-state index contributed by atoms with van der Waals surface area (Å²) < 4.78 is 24.4. The number of nitrogens with zero attached hydrogens (tertiary/aromatic N) is 2. The topological polar surface area (TPSA) is 62.3 Å². The third-order valence-corrected chi connectivity index (χ3v) is 5.49. The average molecular weight is 319 g/mol. The van der Waals surface area contributed by atoms with Crippen LogP contribution in [0.3, 0.4) is 0 Å². The van der Waals surface area contributed by atoms with Crippen LogP contribution in [-0.4, -0.2) is 43.6 Å². The molecule has 0 aliphatic heterocycles. The first-order valence-corrected chi connectivity index (χ1v) is 9.54. The molecule has 0 aliphatic carbocycles. The molecule has 1 atom stereocenters. The number of hydrogen-bond acceptors (Lipinski definition) is 5. The third kappa shape index (κ3) is 5.12. The Labute approximate surface area is 126 Å². The predicted octanol–water partition coefficient (Wildman–Crippen LogP) is 2.08. The molecule has 0 spiro atoms. The molecule has 0 saturated heterocycles. The van der Waals surface area contributed by atoms with E-state index in [1.165, 1.54) is 15.4 Å². The van der Waals surface area contributed by atoms with Gasteiger partial charge in [0.1, 0.15) is 0 Å². The van der Waals surface area contributed by atoms with Gasteiger partial charge >= 0.3 is 0 Å². The second-order valence-corrected chi connectivity index (χ2v) is 8.35. The summed E-state index contributed by atoms with van der Waals surface area (Å²) in [6.45, 7) is 9.92. The van der Waals surface area contributed by atoms with Gasteiger partial charge in [-0.2, -0.15) is 0 Å². The van der Waals surface area contributed by atoms with E-state index in [9.17, 15) is 8.42 Å². The zero-order valence-electron chi connectivity index (χ0n) is 12.9. The lowest BCUT2D eigenvalue weighted by Gasteiger charge is -2.18. The summed E-state index contributed by atoms with van der Waals surface area (Å²) in [5, 5.41) is 4.49. The van der Waals surface area contributed by atoms with Crippen LogP contribution >= 0.6 is 11.3 Å². The Morgan fingerprint density at radius 1 is 1.40 bits per heavy atom. The normalized spacial score (nSPS) is 13.9. The lowest BCUT2D eigenvalue weighted by atomic mass is 10.2. The fourth-order valence-electron chi connectivity index (χ4n) is 2.18. The quantitative estimate of drug-likeness (QED) is 0.745. The highest BCUT2D eigenvalue weighted by Crippen LogP contribution is 2.22. The molecule has 7 heteroatoms. The Kier molecular flexibility index (Phi) is 6.57. The maximum atomic E-state index is 11.5. The molecule has 1 heterocycles. The van der Waals surface area contributed by atoms with Crippen molar-refractivity contribution in [2.75, 3.05) is 25.9 Å². The van der Waals surface area contributed by atoms with Gasteiger partial charge in [-0.1, -0.05) is 6.92 Å². The molecular formula is C13H25N3O2S2. The largest absolute Gasteiger partial charge is 0.309 e. The lowest BCUT2D eigenvalue weighted by molar-refractivity contribution is 0.413. The van der Waals surface area contributed by atoms with Crippen molar-refractivity contribution < 1.29 is 8.42 Å². The average Bonchev–Trinajstić information content (AvgIpc) is 2.66. The number of aromatic nitrogens is 1. The van der Waals surface area contributed by atoms with Crippen LogP contribution in [-0.2, 0) is 10.0 Å². The summed E-state index contributed by atoms with van der Waals surface area (Å²) in [6, 6.07) is 0.202. The highest BCUT2D eigenvalue weighted by Gasteiger charge is 2.15. The molecule has 1 N–H and O–H groups in total. The first-order chi connectivity index (χ1) is 9.25. The molecule has 0 fully saturated rings. The number of sulfonamides is 1. The van der Waals surface area contributed by atoms with Crippen LogP contribution in [0.5, 0.6) is 0 Å². The molecule has 1 aromatic rings. The van der Waals surface area contributed by atoms with Gasteiger partial charge in [0.2, 0.25) is 10.0 Å². The number of aryl methyl sites for hydroxylation is 2. The molecular weight excluding hydrogens is 294 g/mol. The van der Waals surface area contributed by atoms with E-state index in [0.29, 0.717) is 13.1 Å². The van der Waals surface area contributed by atoms with Gasteiger partial charge in [0.25, 0.3) is 0 Å². The molecule has 116 valence electrons. The summed E-state index contributed by atoms with van der Waals surface area (Å²) in [4.78, 5) is 5.77. The zero-order valence-corrected chi connectivity index (χ0v) is 14.6. The summed E-state index contributed by atoms with van der Waals surface area (Å²) in [6.07, 6.45) is 2.06. The molecule has 0 bridgehead atoms. The minimum atomic E-state index is -3.08. The highest BCUT2D eigenvalue weighted by molar-refractivity contribution is 7.88. The maximum Gasteiger partial charge on any atom is 0.211 e. The SMILES string of the molecule is CCN(CCCNC(C)c1nc(C)sc1C)S(C)(=O)=O. The van der Waals surface area contributed by atoms with E-state index in [1.54, 1.807) is 11.3 Å². The second-order valence-electron chi connectivity index (χ2n) is 4.96. The van der Waals surface area contributed by atoms with Gasteiger partial charge in [0.15, 0.2) is 0 Å². The smallest absolute Gasteiger partial charge is 0.211 e. The van der Waals surface area contributed by atoms with Crippen LogP contribution in [0.25, 0.3) is 0 Å². The Morgan fingerprint density at radius 3 is 2.50 bits per heavy atom. The van der Waals surface area contributed by atoms with Crippen molar-refractivity contribution in [3.05, 3.63) is 15.6 Å². The summed E-state index contributed by atoms with van der Waals surface area (Å²) in [5.74, 6) is 0. The zero-order chi connectivity index (χ0) is 15.3. The van der Waals surface area contributed by atoms with Gasteiger partial charge in [-0.05, 0) is 33.7 Å². The second kappa shape index (κ2) is 7.49. The van der Waals surface area contributed by atoms with Gasteiger partial charge in [0, 0.05) is 24.0 Å². The Bertz CT molecular complexity index is 526. The fraction of sp³-hybridized carbons (Fsp3) is 0.769. The minimum absolute atomic E-state index is 0.202. The van der Waals surface area contributed by atoms with Crippen LogP contribution in [0.1, 0.15) is 41.9 Å². The van der Waals surface area contributed by atoms with Crippen LogP contribution in [0.15, 0.2) is 0 Å². The van der Waals surface area contributed by atoms with Crippen LogP contribution in [0.4, 0.5) is 0 Å². The number of nitrogens with one attached hydrogen (secondary N) is 1. The monoisotopic (exact) mass is 319 g/mol. The van der Waals surface area contributed by atoms with E-state index in [1.807, 2.05) is 13.8 Å². The van der Waals surface area contributed by atoms with Crippen LogP contribution in [0.2, 0.25) is 0 Å². The fourth-order valence-corrected chi connectivity index (χ4v) is 4.02. The van der Waals surface area contributed by atoms with Crippen molar-refractivity contribution >= 4 is 21.4 Å². The van der Waals surface area contributed by atoms with Crippen LogP contribution in [0, 0.1) is 13.8 Å². The predicted molar refractivity (Wildman–Crippen MR) is 84.7 cm³/mol. The van der Waals surface area contributed by atoms with Crippen molar-refractivity contribution in [3.63, 3.8) is 0 Å². The Hall–Kier alpha value is -0.500. The van der Waals surface area contributed by atoms with E-state index < -0.39 is 10.0 Å². The number of hydrogen-bond donors (Lipinski definition) is 1. The van der Waals surface area contributed by atoms with Crippen molar-refractivity contribution in [1.82, 2.24) is 14.6 Å². The molecule has 5 nitrogen and oxygen atoms in total. The van der Waals surface area contributed by atoms with Crippen molar-refractivity contribution in [1.29, 1.82) is 0 Å². The standard InChI is InChI=1S/C13H25N3O2S2/c1-6-16(20(5,17)18)9-7-8-14-10(2)13-11(3)19-12(4)15-13/h10,14H,6-9H2,1-5H3. The molecule has 0 aliphatic rings. The van der Waals surface area contributed by atoms with Crippen LogP contribution < -0.4 is 5.32 Å². The molecule has 0 amide bonds. The van der Waals surface area contributed by atoms with E-state index >= 15 is 0 Å². The van der Waals surface area contributed by atoms with E-state index in [4.69, 9.17) is 0 Å². The van der Waals surface area contributed by atoms with Crippen molar-refractivity contribution in [2.45, 2.75) is 40.2 Å². The molecule has 1 rings (SSSR count). The van der Waals surface area contributed by atoms with Crippen molar-refractivity contribution in [2.24, 2.45) is 0 Å². The Morgan fingerprint density at radius 2 is 2.05 bits per heavy atom. The van der Waals surface area contributed by atoms with E-state index in [0.717, 1.165) is 23.7 Å². The molecule has 1 unspecified atom stereocenters. The van der Waals surface area contributed by atoms with Gasteiger partial charge in [-0.15, -0.1) is 11.3 Å². The molecule has 0 saturated carbocycles. The highest BCUT2D eigenvalue weighted by atomic mass is 32.2. The van der Waals surface area contributed by atoms with E-state index in [-0.39, 0.29) is 6.04 Å². The minimum Gasteiger partial charge on any atom is -0.309 e. The first-order valence-electron chi connectivity index (χ1n) is 6.88. The number of thiazole rings is 1.